The summed E-state index contributed by atoms with van der Waals surface area (Å²) in [5.74, 6) is -2.61. The molecule has 3 rings (SSSR count). The van der Waals surface area contributed by atoms with Crippen molar-refractivity contribution in [3.05, 3.63) is 23.5 Å². The third-order valence-corrected chi connectivity index (χ3v) is 3.57. The van der Waals surface area contributed by atoms with Gasteiger partial charge in [0, 0.05) is 6.92 Å². The molecule has 0 aliphatic carbocycles. The second-order valence-corrected chi connectivity index (χ2v) is 6.88. The van der Waals surface area contributed by atoms with Gasteiger partial charge >= 0.3 is 18.2 Å². The van der Waals surface area contributed by atoms with Crippen LogP contribution in [0.25, 0.3) is 11.0 Å². The molecule has 27 heavy (non-hydrogen) atoms. The van der Waals surface area contributed by atoms with Gasteiger partial charge < -0.3 is 14.2 Å². The first-order valence-corrected chi connectivity index (χ1v) is 7.93. The number of hydrogen-bond donors (Lipinski definition) is 0. The number of fused-ring (bicyclic) bond motifs is 3. The van der Waals surface area contributed by atoms with Gasteiger partial charge in [-0.25, -0.2) is 14.3 Å². The molecule has 2 aromatic rings. The number of esters is 1. The van der Waals surface area contributed by atoms with E-state index >= 15 is 0 Å². The van der Waals surface area contributed by atoms with Crippen molar-refractivity contribution >= 4 is 28.9 Å². The van der Waals surface area contributed by atoms with E-state index in [1.807, 2.05) is 0 Å². The summed E-state index contributed by atoms with van der Waals surface area (Å²) in [6.07, 6.45) is -4.86. The van der Waals surface area contributed by atoms with Crippen molar-refractivity contribution < 1.29 is 37.4 Å². The van der Waals surface area contributed by atoms with E-state index in [0.29, 0.717) is 0 Å². The predicted molar refractivity (Wildman–Crippen MR) is 86.7 cm³/mol. The number of halogens is 2. The van der Waals surface area contributed by atoms with Crippen molar-refractivity contribution in [2.45, 2.75) is 46.0 Å². The fraction of sp³-hybridized carbons (Fsp3) is 0.412. The van der Waals surface area contributed by atoms with E-state index in [4.69, 9.17) is 9.47 Å². The van der Waals surface area contributed by atoms with Gasteiger partial charge in [-0.15, -0.1) is 0 Å². The van der Waals surface area contributed by atoms with Gasteiger partial charge in [-0.2, -0.15) is 8.78 Å². The van der Waals surface area contributed by atoms with Crippen LogP contribution >= 0.6 is 0 Å². The van der Waals surface area contributed by atoms with Gasteiger partial charge in [-0.3, -0.25) is 9.59 Å². The standard InChI is InChI=1S/C17H16F2N2O6/c1-8(22)25-7-11-20-12-10(21(11)15(24)27-16(2,3)4)6-5-9-13(12)26-17(18,19)14(9)23/h5-6H,7H2,1-4H3. The van der Waals surface area contributed by atoms with Crippen molar-refractivity contribution in [2.24, 2.45) is 0 Å². The molecule has 0 saturated heterocycles. The molecule has 0 atom stereocenters. The second kappa shape index (κ2) is 6.00. The summed E-state index contributed by atoms with van der Waals surface area (Å²) in [7, 11) is 0. The average Bonchev–Trinajstić information content (AvgIpc) is 2.99. The van der Waals surface area contributed by atoms with Gasteiger partial charge in [0.2, 0.25) is 0 Å². The van der Waals surface area contributed by atoms with E-state index < -0.39 is 41.9 Å². The van der Waals surface area contributed by atoms with Crippen LogP contribution in [0.5, 0.6) is 5.75 Å². The molecule has 1 aromatic carbocycles. The quantitative estimate of drug-likeness (QED) is 0.737. The van der Waals surface area contributed by atoms with Crippen LogP contribution in [0.3, 0.4) is 0 Å². The molecular weight excluding hydrogens is 366 g/mol. The van der Waals surface area contributed by atoms with Gasteiger partial charge in [0.05, 0.1) is 11.1 Å². The van der Waals surface area contributed by atoms with Gasteiger partial charge in [-0.05, 0) is 32.9 Å². The van der Waals surface area contributed by atoms with Crippen LogP contribution in [0, 0.1) is 0 Å². The molecular formula is C17H16F2N2O6. The highest BCUT2D eigenvalue weighted by Gasteiger charge is 2.51. The normalized spacial score (nSPS) is 15.4. The van der Waals surface area contributed by atoms with E-state index in [1.54, 1.807) is 20.8 Å². The summed E-state index contributed by atoms with van der Waals surface area (Å²) >= 11 is 0. The molecule has 0 saturated carbocycles. The van der Waals surface area contributed by atoms with E-state index in [0.717, 1.165) is 10.6 Å². The monoisotopic (exact) mass is 382 g/mol. The Balaban J connectivity index is 2.18. The molecule has 1 aliphatic heterocycles. The van der Waals surface area contributed by atoms with Crippen LogP contribution in [-0.2, 0) is 20.9 Å². The minimum Gasteiger partial charge on any atom is -0.458 e. The fourth-order valence-corrected chi connectivity index (χ4v) is 2.56. The average molecular weight is 382 g/mol. The zero-order chi connectivity index (χ0) is 20.1. The molecule has 8 nitrogen and oxygen atoms in total. The minimum absolute atomic E-state index is 0.0610. The van der Waals surface area contributed by atoms with E-state index in [1.165, 1.54) is 13.0 Å². The number of ether oxygens (including phenoxy) is 3. The molecule has 0 radical (unpaired) electrons. The molecule has 2 heterocycles. The van der Waals surface area contributed by atoms with Crippen LogP contribution in [0.15, 0.2) is 12.1 Å². The molecule has 1 aliphatic rings. The maximum atomic E-state index is 13.6. The number of nitrogens with zero attached hydrogens (tertiary/aromatic N) is 2. The zero-order valence-electron chi connectivity index (χ0n) is 15.0. The summed E-state index contributed by atoms with van der Waals surface area (Å²) < 4.78 is 42.9. The summed E-state index contributed by atoms with van der Waals surface area (Å²) in [6, 6.07) is 2.41. The Morgan fingerprint density at radius 1 is 1.30 bits per heavy atom. The van der Waals surface area contributed by atoms with Gasteiger partial charge in [0.25, 0.3) is 5.78 Å². The SMILES string of the molecule is CC(=O)OCc1nc2c3c(ccc2n1C(=O)OC(C)(C)C)C(=O)C(F)(F)O3. The Morgan fingerprint density at radius 2 is 1.96 bits per heavy atom. The smallest absolute Gasteiger partial charge is 0.458 e. The number of carbonyl (C=O) groups is 3. The Labute approximate surface area is 152 Å². The highest BCUT2D eigenvalue weighted by molar-refractivity contribution is 6.10. The van der Waals surface area contributed by atoms with Gasteiger partial charge in [0.15, 0.2) is 11.6 Å². The number of Topliss-reactive ketones (excluding diaryl/α,β-unsaturated/α-hetero) is 1. The number of hydrogen-bond acceptors (Lipinski definition) is 7. The number of aromatic nitrogens is 2. The Hall–Kier alpha value is -3.04. The number of imidazole rings is 1. The maximum Gasteiger partial charge on any atom is 0.466 e. The number of alkyl halides is 2. The number of carbonyl (C=O) groups excluding carboxylic acids is 3. The van der Waals surface area contributed by atoms with E-state index in [2.05, 4.69) is 9.72 Å². The number of benzene rings is 1. The second-order valence-electron chi connectivity index (χ2n) is 6.88. The molecule has 10 heteroatoms. The lowest BCUT2D eigenvalue weighted by molar-refractivity contribution is -0.142. The van der Waals surface area contributed by atoms with Crippen molar-refractivity contribution in [3.63, 3.8) is 0 Å². The molecule has 0 spiro atoms. The Bertz CT molecular complexity index is 974. The zero-order valence-corrected chi connectivity index (χ0v) is 15.0. The molecule has 0 unspecified atom stereocenters. The molecule has 0 amide bonds. The summed E-state index contributed by atoms with van der Waals surface area (Å²) in [6.45, 7) is 5.71. The summed E-state index contributed by atoms with van der Waals surface area (Å²) in [5, 5.41) is 0. The van der Waals surface area contributed by atoms with Crippen molar-refractivity contribution in [1.29, 1.82) is 0 Å². The number of ketones is 1. The summed E-state index contributed by atoms with van der Waals surface area (Å²) in [5.41, 5.74) is -1.25. The Kier molecular flexibility index (Phi) is 4.16. The first-order valence-electron chi connectivity index (χ1n) is 7.93. The highest BCUT2D eigenvalue weighted by atomic mass is 19.3. The van der Waals surface area contributed by atoms with E-state index in [9.17, 15) is 23.2 Å². The number of rotatable bonds is 2. The molecule has 0 bridgehead atoms. The third kappa shape index (κ3) is 3.34. The third-order valence-electron chi connectivity index (χ3n) is 3.57. The van der Waals surface area contributed by atoms with E-state index in [-0.39, 0.29) is 22.4 Å². The van der Waals surface area contributed by atoms with Crippen LogP contribution in [0.4, 0.5) is 13.6 Å². The molecule has 144 valence electrons. The molecule has 0 fully saturated rings. The fourth-order valence-electron chi connectivity index (χ4n) is 2.56. The van der Waals surface area contributed by atoms with Crippen molar-refractivity contribution in [1.82, 2.24) is 9.55 Å². The highest BCUT2D eigenvalue weighted by Crippen LogP contribution is 2.42. The Morgan fingerprint density at radius 3 is 2.56 bits per heavy atom. The summed E-state index contributed by atoms with van der Waals surface area (Å²) in [4.78, 5) is 39.5. The largest absolute Gasteiger partial charge is 0.466 e. The lowest BCUT2D eigenvalue weighted by atomic mass is 10.1. The van der Waals surface area contributed by atoms with Crippen molar-refractivity contribution in [3.8, 4) is 5.75 Å². The minimum atomic E-state index is -4.01. The first kappa shape index (κ1) is 18.7. The molecule has 1 aromatic heterocycles. The van der Waals surface area contributed by atoms with Gasteiger partial charge in [-0.1, -0.05) is 0 Å². The van der Waals surface area contributed by atoms with Crippen LogP contribution in [0.1, 0.15) is 43.9 Å². The first-order chi connectivity index (χ1) is 12.4. The van der Waals surface area contributed by atoms with Crippen LogP contribution < -0.4 is 4.74 Å². The topological polar surface area (TPSA) is 96.7 Å². The lowest BCUT2D eigenvalue weighted by Crippen LogP contribution is -2.28. The lowest BCUT2D eigenvalue weighted by Gasteiger charge is -2.20. The van der Waals surface area contributed by atoms with Gasteiger partial charge in [0.1, 0.15) is 17.7 Å². The maximum absolute atomic E-state index is 13.6. The van der Waals surface area contributed by atoms with Crippen LogP contribution in [0.2, 0.25) is 0 Å². The van der Waals surface area contributed by atoms with Crippen molar-refractivity contribution in [2.75, 3.05) is 0 Å². The van der Waals surface area contributed by atoms with Crippen LogP contribution in [-0.4, -0.2) is 39.1 Å². The predicted octanol–water partition coefficient (Wildman–Crippen LogP) is 3.05. The molecule has 0 N–H and O–H groups in total.